The average molecular weight is 926 g/mol. The fraction of sp³-hybridized carbons (Fsp3) is 0.233. The lowest BCUT2D eigenvalue weighted by Crippen LogP contribution is -2.47. The van der Waals surface area contributed by atoms with Gasteiger partial charge in [0.2, 0.25) is 17.8 Å². The first-order chi connectivity index (χ1) is 30.9. The van der Waals surface area contributed by atoms with E-state index in [1.807, 2.05) is 0 Å². The van der Waals surface area contributed by atoms with Crippen molar-refractivity contribution >= 4 is 52.4 Å². The van der Waals surface area contributed by atoms with Crippen molar-refractivity contribution in [2.75, 3.05) is 34.4 Å². The van der Waals surface area contributed by atoms with Crippen molar-refractivity contribution in [3.8, 4) is 6.01 Å². The number of halogens is 8. The molecule has 0 radical (unpaired) electrons. The van der Waals surface area contributed by atoms with Gasteiger partial charge >= 0.3 is 12.2 Å². The van der Waals surface area contributed by atoms with E-state index in [-0.39, 0.29) is 65.2 Å². The van der Waals surface area contributed by atoms with Crippen LogP contribution in [-0.2, 0) is 23.4 Å². The molecule has 1 aromatic heterocycles. The summed E-state index contributed by atoms with van der Waals surface area (Å²) in [6, 6.07) is 16.2. The SMILES string of the molecule is O=C(NC(CCNc1c(NCc2ccc(F)cc2F)c(=O)c1=O)C(=O)NCc1ccc(F)cc1F)c1ccc(Nc2nc(NC3(c4ccc(Cl)cc4)CC3)nc(OCC(F)(F)F)n2)cc1. The summed E-state index contributed by atoms with van der Waals surface area (Å²) in [6.07, 6.45) is -3.57. The van der Waals surface area contributed by atoms with Crippen LogP contribution >= 0.6 is 11.6 Å². The summed E-state index contributed by atoms with van der Waals surface area (Å²) in [6.45, 7) is -2.52. The molecule has 22 heteroatoms. The van der Waals surface area contributed by atoms with Gasteiger partial charge < -0.3 is 36.6 Å². The van der Waals surface area contributed by atoms with Gasteiger partial charge in [0.1, 0.15) is 40.7 Å². The standard InChI is InChI=1S/C43H35ClF7N9O5/c44-26-7-5-25(6-8-26)42(14-15-42)60-40-57-39(58-41(59-40)65-21-43(49,50)51)55-29-11-3-22(4-12-29)37(63)56-32(38(64)54-20-24-2-10-28(46)18-31(24)48)13-16-52-33-34(36(62)35(33)61)53-19-23-1-9-27(45)17-30(23)47/h1-12,17-18,32,52-53H,13-16,19-21H2,(H,54,64)(H,56,63)(H2,55,57,58,59,60). The second-order valence-electron chi connectivity index (χ2n) is 14.8. The first-order valence-corrected chi connectivity index (χ1v) is 20.0. The van der Waals surface area contributed by atoms with Crippen molar-refractivity contribution in [1.29, 1.82) is 0 Å². The molecule has 1 aliphatic rings. The summed E-state index contributed by atoms with van der Waals surface area (Å²) in [7, 11) is 0. The molecule has 0 bridgehead atoms. The summed E-state index contributed by atoms with van der Waals surface area (Å²) >= 11 is 6.04. The maximum atomic E-state index is 14.4. The molecule has 0 spiro atoms. The van der Waals surface area contributed by atoms with Crippen LogP contribution in [0.1, 0.15) is 46.3 Å². The van der Waals surface area contributed by atoms with Crippen LogP contribution in [0.2, 0.25) is 5.02 Å². The normalized spacial score (nSPS) is 13.4. The second-order valence-corrected chi connectivity index (χ2v) is 15.2. The van der Waals surface area contributed by atoms with E-state index in [1.54, 1.807) is 24.3 Å². The lowest BCUT2D eigenvalue weighted by Gasteiger charge is -2.20. The molecule has 338 valence electrons. The topological polar surface area (TPSA) is 188 Å². The Labute approximate surface area is 368 Å². The molecule has 0 aliphatic heterocycles. The number of anilines is 5. The Bertz CT molecular complexity index is 2790. The Morgan fingerprint density at radius 1 is 0.754 bits per heavy atom. The van der Waals surface area contributed by atoms with Gasteiger partial charge in [-0.05, 0) is 73.4 Å². The zero-order chi connectivity index (χ0) is 46.5. The molecule has 1 fully saturated rings. The number of ether oxygens (including phenoxy) is 1. The number of rotatable bonds is 19. The van der Waals surface area contributed by atoms with Crippen LogP contribution in [0.5, 0.6) is 6.01 Å². The number of carbonyl (C=O) groups excluding carboxylic acids is 2. The maximum absolute atomic E-state index is 14.4. The second kappa shape index (κ2) is 19.2. The Balaban J connectivity index is 1.03. The Morgan fingerprint density at radius 3 is 1.95 bits per heavy atom. The van der Waals surface area contributed by atoms with Gasteiger partial charge in [-0.1, -0.05) is 35.9 Å². The number of hydrogen-bond acceptors (Lipinski definition) is 12. The zero-order valence-electron chi connectivity index (χ0n) is 33.5. The first-order valence-electron chi connectivity index (χ1n) is 19.6. The van der Waals surface area contributed by atoms with Crippen LogP contribution in [0.15, 0.2) is 94.5 Å². The van der Waals surface area contributed by atoms with Crippen LogP contribution in [0, 0.1) is 23.3 Å². The van der Waals surface area contributed by atoms with Gasteiger partial charge in [0.15, 0.2) is 6.61 Å². The predicted molar refractivity (Wildman–Crippen MR) is 225 cm³/mol. The highest BCUT2D eigenvalue weighted by Gasteiger charge is 2.45. The number of carbonyl (C=O) groups is 2. The lowest BCUT2D eigenvalue weighted by atomic mass is 10.1. The van der Waals surface area contributed by atoms with Crippen LogP contribution in [0.3, 0.4) is 0 Å². The molecule has 6 aromatic rings. The van der Waals surface area contributed by atoms with Crippen molar-refractivity contribution in [3.63, 3.8) is 0 Å². The van der Waals surface area contributed by atoms with Crippen LogP contribution in [0.25, 0.3) is 0 Å². The fourth-order valence-electron chi connectivity index (χ4n) is 6.51. The van der Waals surface area contributed by atoms with Crippen molar-refractivity contribution < 1.29 is 45.1 Å². The molecule has 1 aliphatic carbocycles. The van der Waals surface area contributed by atoms with Crippen LogP contribution in [-0.4, -0.2) is 52.1 Å². The van der Waals surface area contributed by atoms with Crippen LogP contribution in [0.4, 0.5) is 59.7 Å². The van der Waals surface area contributed by atoms with Gasteiger partial charge in [-0.15, -0.1) is 0 Å². The minimum atomic E-state index is -4.69. The molecular weight excluding hydrogens is 891 g/mol. The van der Waals surface area contributed by atoms with E-state index in [0.717, 1.165) is 29.8 Å². The van der Waals surface area contributed by atoms with Gasteiger partial charge in [0.05, 0.1) is 5.54 Å². The van der Waals surface area contributed by atoms with Gasteiger partial charge in [-0.3, -0.25) is 19.2 Å². The Kier molecular flexibility index (Phi) is 13.5. The average Bonchev–Trinajstić information content (AvgIpc) is 4.05. The highest BCUT2D eigenvalue weighted by molar-refractivity contribution is 6.30. The largest absolute Gasteiger partial charge is 0.454 e. The molecule has 14 nitrogen and oxygen atoms in total. The Hall–Kier alpha value is -7.29. The van der Waals surface area contributed by atoms with Gasteiger partial charge in [-0.2, -0.15) is 28.1 Å². The minimum absolute atomic E-state index is 0.0135. The summed E-state index contributed by atoms with van der Waals surface area (Å²) in [5.41, 5.74) is -1.66. The van der Waals surface area contributed by atoms with Gasteiger partial charge in [0.25, 0.3) is 16.8 Å². The number of aromatic nitrogens is 3. The van der Waals surface area contributed by atoms with E-state index in [0.29, 0.717) is 30.0 Å². The number of hydrogen-bond donors (Lipinski definition) is 6. The molecular formula is C43H35ClF7N9O5. The number of nitrogens with one attached hydrogen (secondary N) is 6. The van der Waals surface area contributed by atoms with Crippen molar-refractivity contribution in [2.24, 2.45) is 0 Å². The highest BCUT2D eigenvalue weighted by atomic mass is 35.5. The number of alkyl halides is 3. The molecule has 1 saturated carbocycles. The lowest BCUT2D eigenvalue weighted by molar-refractivity contribution is -0.154. The van der Waals surface area contributed by atoms with E-state index < -0.39 is 82.9 Å². The summed E-state index contributed by atoms with van der Waals surface area (Å²) in [5, 5.41) is 17.0. The summed E-state index contributed by atoms with van der Waals surface area (Å²) in [5.74, 6) is -5.30. The molecule has 5 aromatic carbocycles. The fourth-order valence-corrected chi connectivity index (χ4v) is 6.63. The molecule has 1 unspecified atom stereocenters. The highest BCUT2D eigenvalue weighted by Crippen LogP contribution is 2.48. The third-order valence-corrected chi connectivity index (χ3v) is 10.3. The van der Waals surface area contributed by atoms with E-state index in [9.17, 15) is 49.9 Å². The molecule has 0 saturated heterocycles. The summed E-state index contributed by atoms with van der Waals surface area (Å²) < 4.78 is 99.4. The van der Waals surface area contributed by atoms with Crippen molar-refractivity contribution in [2.45, 2.75) is 50.1 Å². The molecule has 1 heterocycles. The van der Waals surface area contributed by atoms with Crippen molar-refractivity contribution in [1.82, 2.24) is 25.6 Å². The first kappa shape index (κ1) is 45.7. The monoisotopic (exact) mass is 925 g/mol. The molecule has 6 N–H and O–H groups in total. The maximum Gasteiger partial charge on any atom is 0.422 e. The van der Waals surface area contributed by atoms with E-state index >= 15 is 0 Å². The van der Waals surface area contributed by atoms with E-state index in [2.05, 4.69) is 46.9 Å². The van der Waals surface area contributed by atoms with Crippen molar-refractivity contribution in [3.05, 3.63) is 156 Å². The Morgan fingerprint density at radius 2 is 1.35 bits per heavy atom. The predicted octanol–water partition coefficient (Wildman–Crippen LogP) is 6.99. The van der Waals surface area contributed by atoms with E-state index in [1.165, 1.54) is 24.3 Å². The van der Waals surface area contributed by atoms with Crippen LogP contribution < -0.4 is 47.5 Å². The van der Waals surface area contributed by atoms with Gasteiger partial charge in [-0.25, -0.2) is 17.6 Å². The number of benzene rings is 4. The molecule has 65 heavy (non-hydrogen) atoms. The zero-order valence-corrected chi connectivity index (χ0v) is 34.3. The quantitative estimate of drug-likeness (QED) is 0.0362. The number of nitrogens with zero attached hydrogens (tertiary/aromatic N) is 3. The molecule has 1 atom stereocenters. The molecule has 7 rings (SSSR count). The minimum Gasteiger partial charge on any atom is -0.454 e. The summed E-state index contributed by atoms with van der Waals surface area (Å²) in [4.78, 5) is 64.1. The van der Waals surface area contributed by atoms with E-state index in [4.69, 9.17) is 16.3 Å². The number of amides is 2. The van der Waals surface area contributed by atoms with Gasteiger partial charge in [0, 0.05) is 59.2 Å². The molecule has 2 amide bonds. The third kappa shape index (κ3) is 11.6. The smallest absolute Gasteiger partial charge is 0.422 e. The third-order valence-electron chi connectivity index (χ3n) is 10.1.